The molecular weight excluding hydrogens is 256 g/mol. The Kier molecular flexibility index (Phi) is 7.34. The zero-order valence-electron chi connectivity index (χ0n) is 11.7. The van der Waals surface area contributed by atoms with E-state index in [4.69, 9.17) is 5.11 Å². The van der Waals surface area contributed by atoms with Gasteiger partial charge in [-0.1, -0.05) is 38.5 Å². The second kappa shape index (κ2) is 8.81. The van der Waals surface area contributed by atoms with E-state index in [-0.39, 0.29) is 6.42 Å². The topological polar surface area (TPSA) is 37.3 Å². The molecule has 1 N–H and O–H groups in total. The summed E-state index contributed by atoms with van der Waals surface area (Å²) in [5, 5.41) is 8.77. The molecule has 0 bridgehead atoms. The number of carboxylic acid groups (broad SMARTS) is 1. The van der Waals surface area contributed by atoms with Crippen molar-refractivity contribution in [1.29, 1.82) is 0 Å². The van der Waals surface area contributed by atoms with Gasteiger partial charge < -0.3 is 5.11 Å². The van der Waals surface area contributed by atoms with E-state index in [2.05, 4.69) is 38.1 Å². The first-order chi connectivity index (χ1) is 9.17. The zero-order chi connectivity index (χ0) is 14.1. The van der Waals surface area contributed by atoms with Gasteiger partial charge >= 0.3 is 5.97 Å². The molecule has 0 aliphatic heterocycles. The average Bonchev–Trinajstić information content (AvgIpc) is 2.41. The van der Waals surface area contributed by atoms with E-state index in [0.29, 0.717) is 0 Å². The van der Waals surface area contributed by atoms with Crippen LogP contribution in [0.15, 0.2) is 35.2 Å². The summed E-state index contributed by atoms with van der Waals surface area (Å²) in [7, 11) is 0. The molecular formula is C16H22O2S. The molecule has 1 aromatic carbocycles. The summed E-state index contributed by atoms with van der Waals surface area (Å²) in [5.74, 6) is 0.361. The molecule has 19 heavy (non-hydrogen) atoms. The summed E-state index contributed by atoms with van der Waals surface area (Å²) in [5.41, 5.74) is 2.28. The first-order valence-corrected chi connectivity index (χ1v) is 7.80. The van der Waals surface area contributed by atoms with Crippen molar-refractivity contribution in [3.63, 3.8) is 0 Å². The second-order valence-electron chi connectivity index (χ2n) is 4.45. The summed E-state index contributed by atoms with van der Waals surface area (Å²) >= 11 is 1.86. The van der Waals surface area contributed by atoms with Gasteiger partial charge in [0.2, 0.25) is 0 Å². The van der Waals surface area contributed by atoms with Crippen molar-refractivity contribution in [3.05, 3.63) is 35.9 Å². The lowest BCUT2D eigenvalue weighted by atomic mass is 10.0. The van der Waals surface area contributed by atoms with Crippen molar-refractivity contribution in [2.24, 2.45) is 0 Å². The van der Waals surface area contributed by atoms with Gasteiger partial charge in [-0.2, -0.15) is 0 Å². The third kappa shape index (κ3) is 5.97. The highest BCUT2D eigenvalue weighted by Crippen LogP contribution is 2.25. The quantitative estimate of drug-likeness (QED) is 0.691. The van der Waals surface area contributed by atoms with Gasteiger partial charge in [0.05, 0.1) is 6.42 Å². The highest BCUT2D eigenvalue weighted by molar-refractivity contribution is 7.99. The maximum absolute atomic E-state index is 10.7. The van der Waals surface area contributed by atoms with Gasteiger partial charge in [-0.3, -0.25) is 4.79 Å². The molecule has 3 heteroatoms. The fraction of sp³-hybridized carbons (Fsp3) is 0.438. The number of carboxylic acids is 1. The number of carbonyl (C=O) groups is 1. The molecule has 0 fully saturated rings. The van der Waals surface area contributed by atoms with Crippen LogP contribution < -0.4 is 0 Å². The van der Waals surface area contributed by atoms with E-state index >= 15 is 0 Å². The maximum Gasteiger partial charge on any atom is 0.307 e. The van der Waals surface area contributed by atoms with Crippen LogP contribution in [-0.4, -0.2) is 16.8 Å². The van der Waals surface area contributed by atoms with Crippen LogP contribution in [0.4, 0.5) is 0 Å². The molecule has 0 aromatic heterocycles. The number of hydrogen-bond donors (Lipinski definition) is 1. The van der Waals surface area contributed by atoms with Gasteiger partial charge in [-0.15, -0.1) is 11.8 Å². The zero-order valence-corrected chi connectivity index (χ0v) is 12.5. The fourth-order valence-electron chi connectivity index (χ4n) is 1.83. The first kappa shape index (κ1) is 15.8. The Bertz CT molecular complexity index is 421. The van der Waals surface area contributed by atoms with E-state index in [0.717, 1.165) is 29.7 Å². The molecule has 0 aliphatic rings. The number of thioether (sulfide) groups is 1. The predicted octanol–water partition coefficient (Wildman–Crippen LogP) is 4.85. The monoisotopic (exact) mass is 278 g/mol. The first-order valence-electron chi connectivity index (χ1n) is 6.81. The lowest BCUT2D eigenvalue weighted by molar-refractivity contribution is -0.135. The molecule has 0 amide bonds. The molecule has 0 saturated heterocycles. The second-order valence-corrected chi connectivity index (χ2v) is 5.62. The summed E-state index contributed by atoms with van der Waals surface area (Å²) in [6.07, 6.45) is 5.06. The molecule has 0 heterocycles. The summed E-state index contributed by atoms with van der Waals surface area (Å²) in [4.78, 5) is 11.9. The highest BCUT2D eigenvalue weighted by atomic mass is 32.2. The number of allylic oxidation sites excluding steroid dienone is 1. The number of benzene rings is 1. The summed E-state index contributed by atoms with van der Waals surface area (Å²) in [6.45, 7) is 4.29. The van der Waals surface area contributed by atoms with E-state index in [1.54, 1.807) is 0 Å². The van der Waals surface area contributed by atoms with Crippen molar-refractivity contribution >= 4 is 23.3 Å². The average molecular weight is 278 g/mol. The van der Waals surface area contributed by atoms with Gasteiger partial charge in [-0.25, -0.2) is 0 Å². The van der Waals surface area contributed by atoms with Crippen LogP contribution in [0.5, 0.6) is 0 Å². The standard InChI is InChI=1S/C16H22O2S/c1-3-5-13(8-11-16(17)18)14-6-9-15(10-7-14)19-12-4-2/h6-10H,3-5,11-12H2,1-2H3,(H,17,18)/b13-8+. The smallest absolute Gasteiger partial charge is 0.307 e. The van der Waals surface area contributed by atoms with Crippen LogP contribution in [0, 0.1) is 0 Å². The van der Waals surface area contributed by atoms with Crippen LogP contribution in [0.2, 0.25) is 0 Å². The maximum atomic E-state index is 10.7. The normalized spacial score (nSPS) is 11.6. The molecule has 0 radical (unpaired) electrons. The predicted molar refractivity (Wildman–Crippen MR) is 82.6 cm³/mol. The molecule has 2 nitrogen and oxygen atoms in total. The van der Waals surface area contributed by atoms with Gasteiger partial charge in [-0.05, 0) is 41.9 Å². The van der Waals surface area contributed by atoms with E-state index in [9.17, 15) is 4.79 Å². The fourth-order valence-corrected chi connectivity index (χ4v) is 2.60. The van der Waals surface area contributed by atoms with Crippen LogP contribution in [0.25, 0.3) is 5.57 Å². The Morgan fingerprint density at radius 1 is 1.21 bits per heavy atom. The largest absolute Gasteiger partial charge is 0.481 e. The Labute approximate surface area is 119 Å². The minimum absolute atomic E-state index is 0.0989. The summed E-state index contributed by atoms with van der Waals surface area (Å²) < 4.78 is 0. The Balaban J connectivity index is 2.79. The molecule has 1 rings (SSSR count). The molecule has 1 aromatic rings. The third-order valence-electron chi connectivity index (χ3n) is 2.74. The number of aliphatic carboxylic acids is 1. The molecule has 0 unspecified atom stereocenters. The SMILES string of the molecule is CCCSc1ccc(/C(=C/CC(=O)O)CCC)cc1. The minimum Gasteiger partial charge on any atom is -0.481 e. The van der Waals surface area contributed by atoms with Gasteiger partial charge in [0.15, 0.2) is 0 Å². The molecule has 104 valence electrons. The lowest BCUT2D eigenvalue weighted by Crippen LogP contribution is -1.93. The number of rotatable bonds is 8. The van der Waals surface area contributed by atoms with Crippen molar-refractivity contribution in [3.8, 4) is 0 Å². The van der Waals surface area contributed by atoms with Crippen LogP contribution in [0.3, 0.4) is 0 Å². The highest BCUT2D eigenvalue weighted by Gasteiger charge is 2.03. The van der Waals surface area contributed by atoms with E-state index in [1.165, 1.54) is 11.3 Å². The van der Waals surface area contributed by atoms with E-state index < -0.39 is 5.97 Å². The Morgan fingerprint density at radius 3 is 2.42 bits per heavy atom. The van der Waals surface area contributed by atoms with Crippen LogP contribution in [-0.2, 0) is 4.79 Å². The summed E-state index contributed by atoms with van der Waals surface area (Å²) in [6, 6.07) is 8.45. The molecule has 0 atom stereocenters. The van der Waals surface area contributed by atoms with E-state index in [1.807, 2.05) is 17.8 Å². The Morgan fingerprint density at radius 2 is 1.89 bits per heavy atom. The number of hydrogen-bond acceptors (Lipinski definition) is 2. The van der Waals surface area contributed by atoms with Crippen molar-refractivity contribution in [1.82, 2.24) is 0 Å². The van der Waals surface area contributed by atoms with Crippen molar-refractivity contribution < 1.29 is 9.90 Å². The minimum atomic E-state index is -0.774. The van der Waals surface area contributed by atoms with Gasteiger partial charge in [0.1, 0.15) is 0 Å². The molecule has 0 saturated carbocycles. The van der Waals surface area contributed by atoms with Crippen molar-refractivity contribution in [2.75, 3.05) is 5.75 Å². The van der Waals surface area contributed by atoms with Crippen molar-refractivity contribution in [2.45, 2.75) is 44.4 Å². The third-order valence-corrected chi connectivity index (χ3v) is 3.96. The van der Waals surface area contributed by atoms with Crippen LogP contribution >= 0.6 is 11.8 Å². The Hall–Kier alpha value is -1.22. The molecule has 0 aliphatic carbocycles. The molecule has 0 spiro atoms. The lowest BCUT2D eigenvalue weighted by Gasteiger charge is -2.08. The van der Waals surface area contributed by atoms with Crippen LogP contribution in [0.1, 0.15) is 45.1 Å². The van der Waals surface area contributed by atoms with Gasteiger partial charge in [0.25, 0.3) is 0 Å². The van der Waals surface area contributed by atoms with Gasteiger partial charge in [0, 0.05) is 4.90 Å².